The Morgan fingerprint density at radius 1 is 1.46 bits per heavy atom. The highest BCUT2D eigenvalue weighted by atomic mass is 79.9. The van der Waals surface area contributed by atoms with Crippen LogP contribution in [-0.2, 0) is 5.60 Å². The van der Waals surface area contributed by atoms with Crippen LogP contribution < -0.4 is 5.73 Å². The van der Waals surface area contributed by atoms with Gasteiger partial charge < -0.3 is 10.8 Å². The van der Waals surface area contributed by atoms with Crippen molar-refractivity contribution in [1.82, 2.24) is 0 Å². The molecule has 3 heteroatoms. The third-order valence-electron chi connectivity index (χ3n) is 2.06. The third-order valence-corrected chi connectivity index (χ3v) is 2.52. The molecule has 13 heavy (non-hydrogen) atoms. The Balaban J connectivity index is 3.15. The van der Waals surface area contributed by atoms with Crippen LogP contribution in [0, 0.1) is 6.92 Å². The second kappa shape index (κ2) is 3.78. The Labute approximate surface area is 86.9 Å². The zero-order valence-corrected chi connectivity index (χ0v) is 9.43. The molecule has 1 rings (SSSR count). The van der Waals surface area contributed by atoms with E-state index < -0.39 is 5.60 Å². The fourth-order valence-electron chi connectivity index (χ4n) is 1.17. The van der Waals surface area contributed by atoms with Crippen LogP contribution in [0.15, 0.2) is 22.7 Å². The SMILES string of the molecule is Cc1cc(Br)cc(C(C)(O)CN)c1. The lowest BCUT2D eigenvalue weighted by Gasteiger charge is -2.22. The van der Waals surface area contributed by atoms with Gasteiger partial charge in [0, 0.05) is 11.0 Å². The maximum absolute atomic E-state index is 9.90. The lowest BCUT2D eigenvalue weighted by atomic mass is 9.95. The lowest BCUT2D eigenvalue weighted by molar-refractivity contribution is 0.0667. The molecule has 0 aromatic heterocycles. The van der Waals surface area contributed by atoms with Crippen LogP contribution in [-0.4, -0.2) is 11.7 Å². The number of aliphatic hydroxyl groups is 1. The normalized spacial score (nSPS) is 15.5. The topological polar surface area (TPSA) is 46.2 Å². The van der Waals surface area contributed by atoms with Crippen molar-refractivity contribution in [3.63, 3.8) is 0 Å². The molecule has 0 heterocycles. The molecule has 0 aliphatic carbocycles. The van der Waals surface area contributed by atoms with Gasteiger partial charge in [0.25, 0.3) is 0 Å². The molecule has 1 aromatic carbocycles. The van der Waals surface area contributed by atoms with E-state index in [2.05, 4.69) is 15.9 Å². The number of rotatable bonds is 2. The molecule has 1 unspecified atom stereocenters. The number of aryl methyl sites for hydroxylation is 1. The van der Waals surface area contributed by atoms with E-state index in [0.29, 0.717) is 0 Å². The largest absolute Gasteiger partial charge is 0.384 e. The van der Waals surface area contributed by atoms with Gasteiger partial charge in [-0.3, -0.25) is 0 Å². The maximum Gasteiger partial charge on any atom is 0.0990 e. The average Bonchev–Trinajstić information content (AvgIpc) is 2.02. The van der Waals surface area contributed by atoms with E-state index in [0.717, 1.165) is 15.6 Å². The summed E-state index contributed by atoms with van der Waals surface area (Å²) < 4.78 is 0.969. The maximum atomic E-state index is 9.90. The average molecular weight is 244 g/mol. The van der Waals surface area contributed by atoms with Crippen LogP contribution in [0.3, 0.4) is 0 Å². The standard InChI is InChI=1S/C10H14BrNO/c1-7-3-8(5-9(11)4-7)10(2,13)6-12/h3-5,13H,6,12H2,1-2H3. The second-order valence-corrected chi connectivity index (χ2v) is 4.41. The number of benzene rings is 1. The van der Waals surface area contributed by atoms with Crippen molar-refractivity contribution in [1.29, 1.82) is 0 Å². The van der Waals surface area contributed by atoms with E-state index in [1.165, 1.54) is 0 Å². The summed E-state index contributed by atoms with van der Waals surface area (Å²) >= 11 is 3.38. The van der Waals surface area contributed by atoms with Crippen LogP contribution in [0.5, 0.6) is 0 Å². The molecule has 2 nitrogen and oxygen atoms in total. The van der Waals surface area contributed by atoms with E-state index >= 15 is 0 Å². The first-order chi connectivity index (χ1) is 5.95. The molecule has 0 aliphatic rings. The van der Waals surface area contributed by atoms with Gasteiger partial charge in [-0.2, -0.15) is 0 Å². The minimum atomic E-state index is -0.936. The fourth-order valence-corrected chi connectivity index (χ4v) is 1.77. The van der Waals surface area contributed by atoms with Gasteiger partial charge in [0.1, 0.15) is 0 Å². The van der Waals surface area contributed by atoms with Gasteiger partial charge in [-0.05, 0) is 37.1 Å². The molecule has 0 saturated carbocycles. The van der Waals surface area contributed by atoms with Gasteiger partial charge in [0.2, 0.25) is 0 Å². The predicted octanol–water partition coefficient (Wildman–Crippen LogP) is 1.92. The van der Waals surface area contributed by atoms with Crippen molar-refractivity contribution in [3.8, 4) is 0 Å². The highest BCUT2D eigenvalue weighted by molar-refractivity contribution is 9.10. The summed E-state index contributed by atoms with van der Waals surface area (Å²) in [5, 5.41) is 9.90. The fraction of sp³-hybridized carbons (Fsp3) is 0.400. The highest BCUT2D eigenvalue weighted by Gasteiger charge is 2.21. The molecule has 0 fully saturated rings. The first-order valence-electron chi connectivity index (χ1n) is 4.16. The van der Waals surface area contributed by atoms with Crippen LogP contribution in [0.2, 0.25) is 0 Å². The molecule has 0 bridgehead atoms. The summed E-state index contributed by atoms with van der Waals surface area (Å²) in [5.41, 5.74) is 6.50. The van der Waals surface area contributed by atoms with E-state index in [9.17, 15) is 5.11 Å². The predicted molar refractivity (Wildman–Crippen MR) is 57.5 cm³/mol. The smallest absolute Gasteiger partial charge is 0.0990 e. The summed E-state index contributed by atoms with van der Waals surface area (Å²) in [6, 6.07) is 5.83. The van der Waals surface area contributed by atoms with Crippen LogP contribution in [0.4, 0.5) is 0 Å². The Morgan fingerprint density at radius 2 is 2.08 bits per heavy atom. The Morgan fingerprint density at radius 3 is 2.54 bits per heavy atom. The van der Waals surface area contributed by atoms with Gasteiger partial charge in [-0.15, -0.1) is 0 Å². The molecule has 1 atom stereocenters. The molecular formula is C10H14BrNO. The van der Waals surface area contributed by atoms with Crippen LogP contribution in [0.25, 0.3) is 0 Å². The Kier molecular flexibility index (Phi) is 3.11. The second-order valence-electron chi connectivity index (χ2n) is 3.50. The van der Waals surface area contributed by atoms with Gasteiger partial charge in [0.15, 0.2) is 0 Å². The van der Waals surface area contributed by atoms with E-state index in [1.807, 2.05) is 25.1 Å². The molecule has 0 spiro atoms. The van der Waals surface area contributed by atoms with Gasteiger partial charge in [-0.1, -0.05) is 22.0 Å². The Bertz CT molecular complexity index is 290. The minimum absolute atomic E-state index is 0.225. The molecule has 0 aliphatic heterocycles. The Hall–Kier alpha value is -0.380. The summed E-state index contributed by atoms with van der Waals surface area (Å²) in [7, 11) is 0. The summed E-state index contributed by atoms with van der Waals surface area (Å²) in [6.07, 6.45) is 0. The van der Waals surface area contributed by atoms with Gasteiger partial charge >= 0.3 is 0 Å². The van der Waals surface area contributed by atoms with E-state index in [4.69, 9.17) is 5.73 Å². The van der Waals surface area contributed by atoms with Crippen molar-refractivity contribution >= 4 is 15.9 Å². The van der Waals surface area contributed by atoms with Crippen molar-refractivity contribution in [2.75, 3.05) is 6.54 Å². The number of hydrogen-bond donors (Lipinski definition) is 2. The molecule has 72 valence electrons. The summed E-state index contributed by atoms with van der Waals surface area (Å²) in [6.45, 7) is 3.93. The number of halogens is 1. The third kappa shape index (κ3) is 2.53. The first-order valence-corrected chi connectivity index (χ1v) is 4.95. The van der Waals surface area contributed by atoms with E-state index in [-0.39, 0.29) is 6.54 Å². The van der Waals surface area contributed by atoms with Gasteiger partial charge in [-0.25, -0.2) is 0 Å². The first kappa shape index (κ1) is 10.7. The molecule has 0 radical (unpaired) electrons. The number of hydrogen-bond acceptors (Lipinski definition) is 2. The zero-order valence-electron chi connectivity index (χ0n) is 7.84. The summed E-state index contributed by atoms with van der Waals surface area (Å²) in [5.74, 6) is 0. The summed E-state index contributed by atoms with van der Waals surface area (Å²) in [4.78, 5) is 0. The van der Waals surface area contributed by atoms with E-state index in [1.54, 1.807) is 6.92 Å². The van der Waals surface area contributed by atoms with Gasteiger partial charge in [0.05, 0.1) is 5.60 Å². The highest BCUT2D eigenvalue weighted by Crippen LogP contribution is 2.24. The molecule has 1 aromatic rings. The van der Waals surface area contributed by atoms with Crippen LogP contribution in [0.1, 0.15) is 18.1 Å². The number of nitrogens with two attached hydrogens (primary N) is 1. The minimum Gasteiger partial charge on any atom is -0.384 e. The molecule has 3 N–H and O–H groups in total. The molecule has 0 saturated heterocycles. The quantitative estimate of drug-likeness (QED) is 0.834. The van der Waals surface area contributed by atoms with Crippen molar-refractivity contribution < 1.29 is 5.11 Å². The van der Waals surface area contributed by atoms with Crippen molar-refractivity contribution in [2.45, 2.75) is 19.4 Å². The van der Waals surface area contributed by atoms with Crippen molar-refractivity contribution in [3.05, 3.63) is 33.8 Å². The zero-order chi connectivity index (χ0) is 10.1. The van der Waals surface area contributed by atoms with Crippen molar-refractivity contribution in [2.24, 2.45) is 5.73 Å². The molecular weight excluding hydrogens is 230 g/mol. The monoisotopic (exact) mass is 243 g/mol. The lowest BCUT2D eigenvalue weighted by Crippen LogP contribution is -2.31. The van der Waals surface area contributed by atoms with Crippen LogP contribution >= 0.6 is 15.9 Å². The molecule has 0 amide bonds.